The van der Waals surface area contributed by atoms with Gasteiger partial charge in [-0.1, -0.05) is 11.3 Å². The molecule has 0 radical (unpaired) electrons. The Kier molecular flexibility index (Phi) is 4.13. The van der Waals surface area contributed by atoms with Crippen LogP contribution in [0.1, 0.15) is 25.7 Å². The molecular weight excluding hydrogens is 340 g/mol. The lowest BCUT2D eigenvalue weighted by molar-refractivity contribution is -0.125. The molecule has 1 saturated carbocycles. The van der Waals surface area contributed by atoms with Crippen LogP contribution < -0.4 is 15.8 Å². The molecule has 1 aliphatic carbocycles. The number of nitriles is 1. The Morgan fingerprint density at radius 1 is 1.44 bits per heavy atom. The standard InChI is InChI=1S/C16H18N6O2S/c17-5-7-22-9-18-13-12(15(22)24)25-16(20-13)21-6-1-2-10(8-21)14(23)19-11-3-4-11/h9-11H,1-4,6-8H2,(H,19,23). The van der Waals surface area contributed by atoms with E-state index in [2.05, 4.69) is 20.2 Å². The van der Waals surface area contributed by atoms with Crippen LogP contribution in [0.25, 0.3) is 10.3 Å². The minimum absolute atomic E-state index is 0.0257. The molecule has 2 aromatic rings. The molecule has 130 valence electrons. The van der Waals surface area contributed by atoms with Crippen LogP contribution in [0.15, 0.2) is 11.1 Å². The summed E-state index contributed by atoms with van der Waals surface area (Å²) in [6.45, 7) is 1.41. The van der Waals surface area contributed by atoms with Crippen molar-refractivity contribution in [1.29, 1.82) is 5.26 Å². The van der Waals surface area contributed by atoms with Crippen LogP contribution >= 0.6 is 11.3 Å². The number of carbonyl (C=O) groups is 1. The molecule has 1 amide bonds. The third kappa shape index (κ3) is 3.22. The van der Waals surface area contributed by atoms with Gasteiger partial charge < -0.3 is 10.2 Å². The molecule has 1 aliphatic heterocycles. The van der Waals surface area contributed by atoms with Crippen molar-refractivity contribution in [2.45, 2.75) is 38.3 Å². The highest BCUT2D eigenvalue weighted by Crippen LogP contribution is 2.30. The normalized spacial score (nSPS) is 20.4. The molecule has 1 atom stereocenters. The summed E-state index contributed by atoms with van der Waals surface area (Å²) in [6.07, 6.45) is 5.33. The molecule has 2 fully saturated rings. The summed E-state index contributed by atoms with van der Waals surface area (Å²) < 4.78 is 1.74. The molecule has 2 aliphatic rings. The van der Waals surface area contributed by atoms with Gasteiger partial charge in [0.1, 0.15) is 17.6 Å². The van der Waals surface area contributed by atoms with Gasteiger partial charge in [-0.15, -0.1) is 0 Å². The largest absolute Gasteiger partial charge is 0.353 e. The number of amides is 1. The second kappa shape index (κ2) is 6.44. The Morgan fingerprint density at radius 2 is 2.28 bits per heavy atom. The summed E-state index contributed by atoms with van der Waals surface area (Å²) in [5.41, 5.74) is 0.166. The minimum atomic E-state index is -0.240. The van der Waals surface area contributed by atoms with Gasteiger partial charge in [-0.25, -0.2) is 4.98 Å². The molecule has 9 heteroatoms. The van der Waals surface area contributed by atoms with Gasteiger partial charge in [0.15, 0.2) is 10.8 Å². The Morgan fingerprint density at radius 3 is 3.04 bits per heavy atom. The number of piperidine rings is 1. The summed E-state index contributed by atoms with van der Waals surface area (Å²) in [7, 11) is 0. The Hall–Kier alpha value is -2.47. The average Bonchev–Trinajstić information content (AvgIpc) is 3.32. The number of thiazole rings is 1. The number of hydrogen-bond acceptors (Lipinski definition) is 7. The number of nitrogens with zero attached hydrogens (tertiary/aromatic N) is 5. The van der Waals surface area contributed by atoms with E-state index in [1.807, 2.05) is 6.07 Å². The second-order valence-electron chi connectivity index (χ2n) is 6.55. The highest BCUT2D eigenvalue weighted by Gasteiger charge is 2.31. The monoisotopic (exact) mass is 358 g/mol. The first kappa shape index (κ1) is 16.0. The number of aromatic nitrogens is 3. The molecule has 0 aromatic carbocycles. The first-order chi connectivity index (χ1) is 12.2. The van der Waals surface area contributed by atoms with Gasteiger partial charge in [-0.3, -0.25) is 14.2 Å². The molecule has 1 unspecified atom stereocenters. The van der Waals surface area contributed by atoms with Gasteiger partial charge in [0.25, 0.3) is 5.56 Å². The second-order valence-corrected chi connectivity index (χ2v) is 7.53. The molecule has 1 saturated heterocycles. The van der Waals surface area contributed by atoms with Gasteiger partial charge in [-0.05, 0) is 25.7 Å². The van der Waals surface area contributed by atoms with Crippen molar-refractivity contribution in [3.8, 4) is 6.07 Å². The van der Waals surface area contributed by atoms with Crippen LogP contribution in [0.2, 0.25) is 0 Å². The van der Waals surface area contributed by atoms with Crippen molar-refractivity contribution in [1.82, 2.24) is 19.9 Å². The Balaban J connectivity index is 1.56. The number of hydrogen-bond donors (Lipinski definition) is 1. The lowest BCUT2D eigenvalue weighted by Gasteiger charge is -2.31. The van der Waals surface area contributed by atoms with Gasteiger partial charge in [0.05, 0.1) is 12.0 Å². The molecule has 8 nitrogen and oxygen atoms in total. The van der Waals surface area contributed by atoms with Crippen LogP contribution in [0.5, 0.6) is 0 Å². The molecule has 3 heterocycles. The summed E-state index contributed by atoms with van der Waals surface area (Å²) in [5.74, 6) is 0.0902. The van der Waals surface area contributed by atoms with E-state index in [0.29, 0.717) is 22.9 Å². The predicted molar refractivity (Wildman–Crippen MR) is 93.4 cm³/mol. The van der Waals surface area contributed by atoms with Gasteiger partial charge in [0, 0.05) is 19.1 Å². The highest BCUT2D eigenvalue weighted by molar-refractivity contribution is 7.22. The van der Waals surface area contributed by atoms with Gasteiger partial charge in [0.2, 0.25) is 5.91 Å². The third-order valence-electron chi connectivity index (χ3n) is 4.60. The van der Waals surface area contributed by atoms with E-state index in [1.54, 1.807) is 0 Å². The van der Waals surface area contributed by atoms with Crippen molar-refractivity contribution in [2.75, 3.05) is 18.0 Å². The molecule has 1 N–H and O–H groups in total. The van der Waals surface area contributed by atoms with Crippen LogP contribution in [0, 0.1) is 17.2 Å². The zero-order valence-corrected chi connectivity index (χ0v) is 14.5. The van der Waals surface area contributed by atoms with E-state index in [0.717, 1.165) is 37.4 Å². The average molecular weight is 358 g/mol. The van der Waals surface area contributed by atoms with E-state index in [-0.39, 0.29) is 23.9 Å². The van der Waals surface area contributed by atoms with Crippen molar-refractivity contribution >= 4 is 32.7 Å². The fourth-order valence-electron chi connectivity index (χ4n) is 3.07. The minimum Gasteiger partial charge on any atom is -0.353 e. The SMILES string of the molecule is N#CCn1cnc2nc(N3CCCC(C(=O)NC4CC4)C3)sc2c1=O. The maximum absolute atomic E-state index is 12.4. The summed E-state index contributed by atoms with van der Waals surface area (Å²) in [5, 5.41) is 12.6. The lowest BCUT2D eigenvalue weighted by Crippen LogP contribution is -2.43. The number of carbonyl (C=O) groups excluding carboxylic acids is 1. The number of nitrogens with one attached hydrogen (secondary N) is 1. The highest BCUT2D eigenvalue weighted by atomic mass is 32.1. The fraction of sp³-hybridized carbons (Fsp3) is 0.562. The Bertz CT molecular complexity index is 909. The quantitative estimate of drug-likeness (QED) is 0.870. The van der Waals surface area contributed by atoms with Gasteiger partial charge >= 0.3 is 0 Å². The zero-order chi connectivity index (χ0) is 17.4. The van der Waals surface area contributed by atoms with Crippen molar-refractivity contribution in [3.05, 3.63) is 16.7 Å². The number of anilines is 1. The van der Waals surface area contributed by atoms with Crippen molar-refractivity contribution in [2.24, 2.45) is 5.92 Å². The molecular formula is C16H18N6O2S. The third-order valence-corrected chi connectivity index (χ3v) is 5.69. The van der Waals surface area contributed by atoms with Gasteiger partial charge in [-0.2, -0.15) is 10.2 Å². The summed E-state index contributed by atoms with van der Waals surface area (Å²) in [4.78, 5) is 35.4. The summed E-state index contributed by atoms with van der Waals surface area (Å²) in [6, 6.07) is 2.32. The smallest absolute Gasteiger partial charge is 0.274 e. The molecule has 4 rings (SSSR count). The lowest BCUT2D eigenvalue weighted by atomic mass is 9.97. The first-order valence-electron chi connectivity index (χ1n) is 8.44. The molecule has 25 heavy (non-hydrogen) atoms. The Labute approximate surface area is 148 Å². The molecule has 0 bridgehead atoms. The van der Waals surface area contributed by atoms with Crippen molar-refractivity contribution in [3.63, 3.8) is 0 Å². The zero-order valence-electron chi connectivity index (χ0n) is 13.6. The fourth-order valence-corrected chi connectivity index (χ4v) is 4.07. The van der Waals surface area contributed by atoms with E-state index < -0.39 is 0 Å². The van der Waals surface area contributed by atoms with Crippen molar-refractivity contribution < 1.29 is 4.79 Å². The van der Waals surface area contributed by atoms with E-state index in [1.165, 1.54) is 22.2 Å². The van der Waals surface area contributed by atoms with Crippen LogP contribution in [0.3, 0.4) is 0 Å². The van der Waals surface area contributed by atoms with Crippen LogP contribution in [-0.2, 0) is 11.3 Å². The van der Waals surface area contributed by atoms with E-state index >= 15 is 0 Å². The van der Waals surface area contributed by atoms with E-state index in [4.69, 9.17) is 5.26 Å². The number of fused-ring (bicyclic) bond motifs is 1. The first-order valence-corrected chi connectivity index (χ1v) is 9.25. The molecule has 2 aromatic heterocycles. The predicted octanol–water partition coefficient (Wildman–Crippen LogP) is 0.872. The maximum atomic E-state index is 12.4. The number of rotatable bonds is 4. The topological polar surface area (TPSA) is 104 Å². The summed E-state index contributed by atoms with van der Waals surface area (Å²) >= 11 is 1.29. The van der Waals surface area contributed by atoms with E-state index in [9.17, 15) is 9.59 Å². The maximum Gasteiger partial charge on any atom is 0.274 e. The van der Waals surface area contributed by atoms with Crippen LogP contribution in [0.4, 0.5) is 5.13 Å². The molecule has 0 spiro atoms. The van der Waals surface area contributed by atoms with Crippen LogP contribution in [-0.4, -0.2) is 39.6 Å².